The normalized spacial score (nSPS) is 10.8. The van der Waals surface area contributed by atoms with Crippen LogP contribution in [0, 0.1) is 0 Å². The van der Waals surface area contributed by atoms with Gasteiger partial charge in [-0.25, -0.2) is 19.7 Å². The van der Waals surface area contributed by atoms with E-state index < -0.39 is 5.97 Å². The van der Waals surface area contributed by atoms with Gasteiger partial charge in [0.2, 0.25) is 0 Å². The van der Waals surface area contributed by atoms with E-state index >= 15 is 0 Å². The predicted octanol–water partition coefficient (Wildman–Crippen LogP) is 5.00. The Balaban J connectivity index is 2.08. The van der Waals surface area contributed by atoms with Crippen molar-refractivity contribution >= 4 is 22.8 Å². The van der Waals surface area contributed by atoms with Gasteiger partial charge >= 0.3 is 5.97 Å². The molecule has 168 valence electrons. The highest BCUT2D eigenvalue weighted by Crippen LogP contribution is 2.34. The maximum atomic E-state index is 12.5. The van der Waals surface area contributed by atoms with Crippen LogP contribution >= 0.6 is 0 Å². The van der Waals surface area contributed by atoms with Crippen LogP contribution in [-0.2, 0) is 4.74 Å². The van der Waals surface area contributed by atoms with Gasteiger partial charge in [0.05, 0.1) is 14.2 Å². The molecule has 2 heterocycles. The first-order chi connectivity index (χ1) is 16.1. The first-order valence-electron chi connectivity index (χ1n) is 10.9. The van der Waals surface area contributed by atoms with Crippen LogP contribution < -0.4 is 9.64 Å². The number of fused-ring (bicyclic) bond motifs is 1. The second kappa shape index (κ2) is 9.65. The summed E-state index contributed by atoms with van der Waals surface area (Å²) in [5.74, 6) is 1.52. The standard InChI is InChI=1S/C26H26N4O3/c1-5-30(6-2)25-23-22(28-24(29-25)18-10-8-7-9-11-18)20(16-21(27-23)26(31)33-4)17-12-14-19(32-3)15-13-17/h7-16H,5-6H2,1-4H3. The molecule has 0 saturated carbocycles. The number of pyridine rings is 1. The maximum absolute atomic E-state index is 12.5. The highest BCUT2D eigenvalue weighted by atomic mass is 16.5. The molecule has 0 unspecified atom stereocenters. The largest absolute Gasteiger partial charge is 0.497 e. The van der Waals surface area contributed by atoms with Gasteiger partial charge < -0.3 is 14.4 Å². The third-order valence-electron chi connectivity index (χ3n) is 5.52. The van der Waals surface area contributed by atoms with Crippen molar-refractivity contribution in [2.75, 3.05) is 32.2 Å². The van der Waals surface area contributed by atoms with Crippen molar-refractivity contribution in [1.82, 2.24) is 15.0 Å². The van der Waals surface area contributed by atoms with Crippen LogP contribution in [0.4, 0.5) is 5.82 Å². The Bertz CT molecular complexity index is 1270. The zero-order chi connectivity index (χ0) is 23.4. The zero-order valence-electron chi connectivity index (χ0n) is 19.2. The number of rotatable bonds is 7. The van der Waals surface area contributed by atoms with Gasteiger partial charge in [0.25, 0.3) is 0 Å². The van der Waals surface area contributed by atoms with Gasteiger partial charge in [-0.05, 0) is 37.6 Å². The SMILES string of the molecule is CCN(CC)c1nc(-c2ccccc2)nc2c(-c3ccc(OC)cc3)cc(C(=O)OC)nc12. The van der Waals surface area contributed by atoms with Gasteiger partial charge in [-0.15, -0.1) is 0 Å². The summed E-state index contributed by atoms with van der Waals surface area (Å²) in [6.45, 7) is 5.60. The minimum atomic E-state index is -0.510. The first kappa shape index (κ1) is 22.2. The average molecular weight is 443 g/mol. The Kier molecular flexibility index (Phi) is 6.49. The molecule has 4 aromatic rings. The van der Waals surface area contributed by atoms with Gasteiger partial charge in [0.15, 0.2) is 11.6 Å². The van der Waals surface area contributed by atoms with E-state index in [9.17, 15) is 4.79 Å². The van der Waals surface area contributed by atoms with Gasteiger partial charge in [-0.2, -0.15) is 0 Å². The van der Waals surface area contributed by atoms with Gasteiger partial charge in [-0.1, -0.05) is 42.5 Å². The minimum Gasteiger partial charge on any atom is -0.497 e. The number of carbonyl (C=O) groups is 1. The summed E-state index contributed by atoms with van der Waals surface area (Å²) in [6.07, 6.45) is 0. The predicted molar refractivity (Wildman–Crippen MR) is 130 cm³/mol. The fourth-order valence-electron chi connectivity index (χ4n) is 3.75. The number of nitrogens with zero attached hydrogens (tertiary/aromatic N) is 4. The van der Waals surface area contributed by atoms with Crippen molar-refractivity contribution in [2.24, 2.45) is 0 Å². The molecule has 0 N–H and O–H groups in total. The van der Waals surface area contributed by atoms with Crippen LogP contribution in [0.3, 0.4) is 0 Å². The molecule has 7 nitrogen and oxygen atoms in total. The molecule has 4 rings (SSSR count). The molecule has 0 bridgehead atoms. The first-order valence-corrected chi connectivity index (χ1v) is 10.9. The summed E-state index contributed by atoms with van der Waals surface area (Å²) in [4.78, 5) is 29.1. The molecule has 2 aromatic carbocycles. The molecule has 33 heavy (non-hydrogen) atoms. The third kappa shape index (κ3) is 4.35. The fourth-order valence-corrected chi connectivity index (χ4v) is 3.75. The van der Waals surface area contributed by atoms with Crippen molar-refractivity contribution in [1.29, 1.82) is 0 Å². The Morgan fingerprint density at radius 1 is 0.848 bits per heavy atom. The molecule has 0 fully saturated rings. The van der Waals surface area contributed by atoms with Crippen molar-refractivity contribution in [2.45, 2.75) is 13.8 Å². The number of hydrogen-bond acceptors (Lipinski definition) is 7. The van der Waals surface area contributed by atoms with Crippen LogP contribution in [0.2, 0.25) is 0 Å². The summed E-state index contributed by atoms with van der Waals surface area (Å²) >= 11 is 0. The number of methoxy groups -OCH3 is 2. The molecule has 0 aliphatic heterocycles. The Labute approximate surface area is 193 Å². The van der Waals surface area contributed by atoms with Crippen LogP contribution in [-0.4, -0.2) is 48.2 Å². The number of aromatic nitrogens is 3. The van der Waals surface area contributed by atoms with Gasteiger partial charge in [0, 0.05) is 24.2 Å². The summed E-state index contributed by atoms with van der Waals surface area (Å²) in [5.41, 5.74) is 4.01. The fraction of sp³-hybridized carbons (Fsp3) is 0.231. The van der Waals surface area contributed by atoms with Crippen molar-refractivity contribution in [3.63, 3.8) is 0 Å². The van der Waals surface area contributed by atoms with Crippen LogP contribution in [0.15, 0.2) is 60.7 Å². The molecule has 0 amide bonds. The number of esters is 1. The van der Waals surface area contributed by atoms with Gasteiger partial charge in [-0.3, -0.25) is 0 Å². The minimum absolute atomic E-state index is 0.209. The molecule has 2 aromatic heterocycles. The second-order valence-corrected chi connectivity index (χ2v) is 7.38. The Morgan fingerprint density at radius 3 is 2.15 bits per heavy atom. The second-order valence-electron chi connectivity index (χ2n) is 7.38. The lowest BCUT2D eigenvalue weighted by molar-refractivity contribution is 0.0594. The van der Waals surface area contributed by atoms with Crippen LogP contribution in [0.25, 0.3) is 33.5 Å². The van der Waals surface area contributed by atoms with Crippen molar-refractivity contribution in [3.8, 4) is 28.3 Å². The molecule has 0 aliphatic carbocycles. The van der Waals surface area contributed by atoms with E-state index in [1.165, 1.54) is 7.11 Å². The van der Waals surface area contributed by atoms with Crippen molar-refractivity contribution in [3.05, 3.63) is 66.4 Å². The summed E-state index contributed by atoms with van der Waals surface area (Å²) in [5, 5.41) is 0. The van der Waals surface area contributed by atoms with E-state index in [4.69, 9.17) is 19.4 Å². The van der Waals surface area contributed by atoms with E-state index in [1.807, 2.05) is 54.6 Å². The molecule has 0 radical (unpaired) electrons. The van der Waals surface area contributed by atoms with E-state index in [0.29, 0.717) is 22.7 Å². The highest BCUT2D eigenvalue weighted by Gasteiger charge is 2.21. The number of ether oxygens (including phenoxy) is 2. The lowest BCUT2D eigenvalue weighted by Crippen LogP contribution is -2.24. The maximum Gasteiger partial charge on any atom is 0.356 e. The summed E-state index contributed by atoms with van der Waals surface area (Å²) < 4.78 is 10.3. The molecular formula is C26H26N4O3. The van der Waals surface area contributed by atoms with E-state index in [1.54, 1.807) is 13.2 Å². The van der Waals surface area contributed by atoms with Crippen molar-refractivity contribution < 1.29 is 14.3 Å². The zero-order valence-corrected chi connectivity index (χ0v) is 19.2. The molecule has 7 heteroatoms. The number of anilines is 1. The highest BCUT2D eigenvalue weighted by molar-refractivity contribution is 6.02. The number of hydrogen-bond donors (Lipinski definition) is 0. The number of carbonyl (C=O) groups excluding carboxylic acids is 1. The van der Waals surface area contributed by atoms with E-state index in [2.05, 4.69) is 23.7 Å². The smallest absolute Gasteiger partial charge is 0.356 e. The summed E-state index contributed by atoms with van der Waals surface area (Å²) in [6, 6.07) is 19.2. The number of benzene rings is 2. The molecule has 0 aliphatic rings. The molecule has 0 saturated heterocycles. The lowest BCUT2D eigenvalue weighted by atomic mass is 10.0. The monoisotopic (exact) mass is 442 g/mol. The van der Waals surface area contributed by atoms with Gasteiger partial charge in [0.1, 0.15) is 22.5 Å². The Morgan fingerprint density at radius 2 is 1.55 bits per heavy atom. The quantitative estimate of drug-likeness (QED) is 0.373. The molecular weight excluding hydrogens is 416 g/mol. The lowest BCUT2D eigenvalue weighted by Gasteiger charge is -2.22. The van der Waals surface area contributed by atoms with E-state index in [0.717, 1.165) is 35.5 Å². The molecule has 0 atom stereocenters. The van der Waals surface area contributed by atoms with E-state index in [-0.39, 0.29) is 5.69 Å². The topological polar surface area (TPSA) is 77.4 Å². The molecule has 0 spiro atoms. The average Bonchev–Trinajstić information content (AvgIpc) is 2.88. The Hall–Kier alpha value is -4.00. The third-order valence-corrected chi connectivity index (χ3v) is 5.52. The van der Waals surface area contributed by atoms with Crippen LogP contribution in [0.5, 0.6) is 5.75 Å². The van der Waals surface area contributed by atoms with Crippen LogP contribution in [0.1, 0.15) is 24.3 Å². The summed E-state index contributed by atoms with van der Waals surface area (Å²) in [7, 11) is 2.98.